The highest BCUT2D eigenvalue weighted by Gasteiger charge is 2.50. The molecule has 18 heavy (non-hydrogen) atoms. The lowest BCUT2D eigenvalue weighted by Gasteiger charge is -2.11. The fourth-order valence-corrected chi connectivity index (χ4v) is 1.76. The maximum absolute atomic E-state index is 11.6. The maximum atomic E-state index is 11.6. The van der Waals surface area contributed by atoms with E-state index in [2.05, 4.69) is 15.7 Å². The fourth-order valence-electron chi connectivity index (χ4n) is 1.76. The number of nitrogens with one attached hydrogen (secondary N) is 2. The first-order valence-electron chi connectivity index (χ1n) is 5.71. The van der Waals surface area contributed by atoms with Gasteiger partial charge in [-0.25, -0.2) is 4.79 Å². The molecule has 7 nitrogen and oxygen atoms in total. The number of hydrogen-bond acceptors (Lipinski definition) is 3. The van der Waals surface area contributed by atoms with Crippen molar-refractivity contribution >= 4 is 17.7 Å². The van der Waals surface area contributed by atoms with Crippen LogP contribution in [0.25, 0.3) is 0 Å². The van der Waals surface area contributed by atoms with Crippen LogP contribution in [-0.2, 0) is 11.8 Å². The Labute approximate surface area is 104 Å². The molecule has 0 saturated heterocycles. The highest BCUT2D eigenvalue weighted by molar-refractivity contribution is 5.90. The van der Waals surface area contributed by atoms with E-state index in [1.807, 2.05) is 0 Å². The normalized spacial score (nSPS) is 16.1. The number of aromatic nitrogens is 2. The fraction of sp³-hybridized carbons (Fsp3) is 0.545. The lowest BCUT2D eigenvalue weighted by molar-refractivity contribution is -0.143. The highest BCUT2D eigenvalue weighted by atomic mass is 16.4. The summed E-state index contributed by atoms with van der Waals surface area (Å²) in [6.45, 7) is 1.95. The Kier molecular flexibility index (Phi) is 2.98. The van der Waals surface area contributed by atoms with Crippen molar-refractivity contribution in [3.8, 4) is 0 Å². The molecule has 0 bridgehead atoms. The number of aryl methyl sites for hydroxylation is 2. The van der Waals surface area contributed by atoms with E-state index in [0.717, 1.165) is 0 Å². The van der Waals surface area contributed by atoms with Gasteiger partial charge in [-0.3, -0.25) is 9.48 Å². The van der Waals surface area contributed by atoms with Crippen LogP contribution >= 0.6 is 0 Å². The summed E-state index contributed by atoms with van der Waals surface area (Å²) >= 11 is 0. The third-order valence-electron chi connectivity index (χ3n) is 3.16. The topological polar surface area (TPSA) is 96.3 Å². The molecule has 2 amide bonds. The second-order valence-electron chi connectivity index (χ2n) is 4.70. The minimum atomic E-state index is -0.847. The Morgan fingerprint density at radius 1 is 1.56 bits per heavy atom. The Hall–Kier alpha value is -2.05. The van der Waals surface area contributed by atoms with Crippen molar-refractivity contribution in [1.82, 2.24) is 15.1 Å². The first kappa shape index (κ1) is 12.4. The predicted octanol–water partition coefficient (Wildman–Crippen LogP) is 0.715. The van der Waals surface area contributed by atoms with Crippen LogP contribution in [0.1, 0.15) is 18.5 Å². The summed E-state index contributed by atoms with van der Waals surface area (Å²) in [6, 6.07) is -0.404. The lowest BCUT2D eigenvalue weighted by Crippen LogP contribution is -2.36. The standard InChI is InChI=1S/C11H16N4O3/c1-7-8(5-15(2)14-7)13-10(18)12-6-11(3-4-11)9(16)17/h5H,3-4,6H2,1-2H3,(H,16,17)(H2,12,13,18). The predicted molar refractivity (Wildman–Crippen MR) is 64.3 cm³/mol. The van der Waals surface area contributed by atoms with Crippen molar-refractivity contribution in [2.45, 2.75) is 19.8 Å². The molecule has 0 spiro atoms. The average molecular weight is 252 g/mol. The quantitative estimate of drug-likeness (QED) is 0.735. The van der Waals surface area contributed by atoms with Crippen molar-refractivity contribution in [1.29, 1.82) is 0 Å². The first-order valence-corrected chi connectivity index (χ1v) is 5.71. The Bertz CT molecular complexity index is 490. The summed E-state index contributed by atoms with van der Waals surface area (Å²) in [6.07, 6.45) is 2.93. The monoisotopic (exact) mass is 252 g/mol. The zero-order valence-electron chi connectivity index (χ0n) is 10.4. The molecule has 0 unspecified atom stereocenters. The van der Waals surface area contributed by atoms with E-state index in [9.17, 15) is 9.59 Å². The molecule has 1 aliphatic carbocycles. The molecule has 1 fully saturated rings. The van der Waals surface area contributed by atoms with Gasteiger partial charge < -0.3 is 15.7 Å². The first-order chi connectivity index (χ1) is 8.43. The Balaban J connectivity index is 1.86. The summed E-state index contributed by atoms with van der Waals surface area (Å²) < 4.78 is 1.60. The molecule has 0 atom stereocenters. The summed E-state index contributed by atoms with van der Waals surface area (Å²) in [5.41, 5.74) is 0.587. The number of carboxylic acid groups (broad SMARTS) is 1. The zero-order valence-corrected chi connectivity index (χ0v) is 10.4. The number of nitrogens with zero attached hydrogens (tertiary/aromatic N) is 2. The minimum absolute atomic E-state index is 0.160. The van der Waals surface area contributed by atoms with Gasteiger partial charge >= 0.3 is 12.0 Å². The van der Waals surface area contributed by atoms with E-state index >= 15 is 0 Å². The van der Waals surface area contributed by atoms with Gasteiger partial charge in [0.05, 0.1) is 16.8 Å². The van der Waals surface area contributed by atoms with Crippen LogP contribution < -0.4 is 10.6 Å². The Morgan fingerprint density at radius 3 is 2.67 bits per heavy atom. The van der Waals surface area contributed by atoms with Gasteiger partial charge in [0.2, 0.25) is 0 Å². The van der Waals surface area contributed by atoms with Gasteiger partial charge in [-0.2, -0.15) is 5.10 Å². The third kappa shape index (κ3) is 2.44. The molecule has 1 saturated carbocycles. The van der Waals surface area contributed by atoms with E-state index in [0.29, 0.717) is 24.2 Å². The van der Waals surface area contributed by atoms with E-state index in [1.165, 1.54) is 0 Å². The van der Waals surface area contributed by atoms with Crippen molar-refractivity contribution in [2.24, 2.45) is 12.5 Å². The molecule has 1 aliphatic rings. The van der Waals surface area contributed by atoms with Gasteiger partial charge in [-0.05, 0) is 19.8 Å². The molecular weight excluding hydrogens is 236 g/mol. The van der Waals surface area contributed by atoms with Crippen LogP contribution in [0.5, 0.6) is 0 Å². The largest absolute Gasteiger partial charge is 0.481 e. The van der Waals surface area contributed by atoms with Crippen LogP contribution in [0, 0.1) is 12.3 Å². The molecule has 98 valence electrons. The van der Waals surface area contributed by atoms with Crippen molar-refractivity contribution < 1.29 is 14.7 Å². The number of urea groups is 1. The van der Waals surface area contributed by atoms with Crippen LogP contribution in [0.4, 0.5) is 10.5 Å². The molecule has 1 heterocycles. The number of aliphatic carboxylic acids is 1. The summed E-state index contributed by atoms with van der Waals surface area (Å²) in [5, 5.41) is 18.3. The van der Waals surface area contributed by atoms with Gasteiger partial charge in [-0.1, -0.05) is 0 Å². The van der Waals surface area contributed by atoms with Crippen molar-refractivity contribution in [2.75, 3.05) is 11.9 Å². The summed E-state index contributed by atoms with van der Waals surface area (Å²) in [4.78, 5) is 22.5. The molecule has 7 heteroatoms. The number of hydrogen-bond donors (Lipinski definition) is 3. The van der Waals surface area contributed by atoms with E-state index in [4.69, 9.17) is 5.11 Å². The summed E-state index contributed by atoms with van der Waals surface area (Å²) in [5.74, 6) is -0.847. The minimum Gasteiger partial charge on any atom is -0.481 e. The number of rotatable bonds is 4. The van der Waals surface area contributed by atoms with Gasteiger partial charge in [0, 0.05) is 19.8 Å². The molecule has 0 aliphatic heterocycles. The average Bonchev–Trinajstić information content (AvgIpc) is 3.00. The van der Waals surface area contributed by atoms with Crippen LogP contribution in [0.3, 0.4) is 0 Å². The molecule has 1 aromatic rings. The van der Waals surface area contributed by atoms with Gasteiger partial charge in [0.25, 0.3) is 0 Å². The van der Waals surface area contributed by atoms with Crippen LogP contribution in [0.2, 0.25) is 0 Å². The summed E-state index contributed by atoms with van der Waals surface area (Å²) in [7, 11) is 1.76. The second kappa shape index (κ2) is 4.32. The smallest absolute Gasteiger partial charge is 0.319 e. The Morgan fingerprint density at radius 2 is 2.22 bits per heavy atom. The molecule has 0 radical (unpaired) electrons. The maximum Gasteiger partial charge on any atom is 0.319 e. The van der Waals surface area contributed by atoms with Crippen LogP contribution in [-0.4, -0.2) is 33.4 Å². The lowest BCUT2D eigenvalue weighted by atomic mass is 10.1. The second-order valence-corrected chi connectivity index (χ2v) is 4.70. The van der Waals surface area contributed by atoms with E-state index in [-0.39, 0.29) is 6.54 Å². The number of carboxylic acids is 1. The molecular formula is C11H16N4O3. The SMILES string of the molecule is Cc1nn(C)cc1NC(=O)NCC1(C(=O)O)CC1. The van der Waals surface area contributed by atoms with Gasteiger partial charge in [0.15, 0.2) is 0 Å². The number of carbonyl (C=O) groups excluding carboxylic acids is 1. The number of anilines is 1. The van der Waals surface area contributed by atoms with E-state index in [1.54, 1.807) is 24.9 Å². The van der Waals surface area contributed by atoms with E-state index < -0.39 is 17.4 Å². The van der Waals surface area contributed by atoms with Gasteiger partial charge in [0.1, 0.15) is 0 Å². The van der Waals surface area contributed by atoms with Crippen molar-refractivity contribution in [3.63, 3.8) is 0 Å². The van der Waals surface area contributed by atoms with Crippen molar-refractivity contribution in [3.05, 3.63) is 11.9 Å². The molecule has 3 N–H and O–H groups in total. The zero-order chi connectivity index (χ0) is 13.3. The molecule has 1 aromatic heterocycles. The number of amides is 2. The molecule has 0 aromatic carbocycles. The highest BCUT2D eigenvalue weighted by Crippen LogP contribution is 2.45. The number of carbonyl (C=O) groups is 2. The molecule has 2 rings (SSSR count). The third-order valence-corrected chi connectivity index (χ3v) is 3.16. The van der Waals surface area contributed by atoms with Crippen LogP contribution in [0.15, 0.2) is 6.20 Å². The van der Waals surface area contributed by atoms with Gasteiger partial charge in [-0.15, -0.1) is 0 Å².